The highest BCUT2D eigenvalue weighted by molar-refractivity contribution is 9.09. The molecule has 1 saturated carbocycles. The van der Waals surface area contributed by atoms with Gasteiger partial charge in [0.15, 0.2) is 5.78 Å². The number of alkyl halides is 1. The molecule has 1 aliphatic heterocycles. The molecule has 0 amide bonds. The van der Waals surface area contributed by atoms with E-state index in [0.29, 0.717) is 18.4 Å². The van der Waals surface area contributed by atoms with Crippen LogP contribution in [0.4, 0.5) is 0 Å². The Kier molecular flexibility index (Phi) is 3.01. The molecule has 0 spiro atoms. The Labute approximate surface area is 120 Å². The molecule has 0 N–H and O–H groups in total. The number of halogens is 1. The summed E-state index contributed by atoms with van der Waals surface area (Å²) in [6, 6.07) is 9.19. The molecular weight excluding hydrogens is 308 g/mol. The van der Waals surface area contributed by atoms with E-state index in [1.165, 1.54) is 0 Å². The largest absolute Gasteiger partial charge is 0.461 e. The molecule has 19 heavy (non-hydrogen) atoms. The maximum absolute atomic E-state index is 12.7. The van der Waals surface area contributed by atoms with E-state index in [2.05, 4.69) is 15.9 Å². The van der Waals surface area contributed by atoms with Crippen molar-refractivity contribution >= 4 is 27.7 Å². The molecule has 0 unspecified atom stereocenters. The highest BCUT2D eigenvalue weighted by Crippen LogP contribution is 2.51. The predicted octanol–water partition coefficient (Wildman–Crippen LogP) is 2.97. The van der Waals surface area contributed by atoms with Gasteiger partial charge in [-0.15, -0.1) is 0 Å². The summed E-state index contributed by atoms with van der Waals surface area (Å²) in [5.74, 6) is -0.482. The van der Waals surface area contributed by atoms with E-state index < -0.39 is 5.41 Å². The molecule has 3 rings (SSSR count). The van der Waals surface area contributed by atoms with Crippen molar-refractivity contribution < 1.29 is 14.3 Å². The zero-order valence-corrected chi connectivity index (χ0v) is 12.2. The summed E-state index contributed by atoms with van der Waals surface area (Å²) >= 11 is 3.55. The van der Waals surface area contributed by atoms with Crippen LogP contribution in [0.2, 0.25) is 0 Å². The molecule has 1 heterocycles. The smallest absolute Gasteiger partial charge is 0.312 e. The molecule has 4 heteroatoms. The van der Waals surface area contributed by atoms with Gasteiger partial charge in [0.1, 0.15) is 6.10 Å². The molecular formula is C15H15BrO3. The third kappa shape index (κ3) is 1.93. The van der Waals surface area contributed by atoms with Crippen molar-refractivity contribution in [2.24, 2.45) is 11.3 Å². The number of carbonyl (C=O) groups is 2. The second-order valence-corrected chi connectivity index (χ2v) is 6.78. The molecule has 3 nitrogen and oxygen atoms in total. The highest BCUT2D eigenvalue weighted by Gasteiger charge is 2.58. The fraction of sp³-hybridized carbons (Fsp3) is 0.467. The fourth-order valence-electron chi connectivity index (χ4n) is 3.14. The van der Waals surface area contributed by atoms with Gasteiger partial charge in [-0.25, -0.2) is 0 Å². The third-order valence-corrected chi connectivity index (χ3v) is 5.32. The number of carbonyl (C=O) groups excluding carboxylic acids is 2. The lowest BCUT2D eigenvalue weighted by Crippen LogP contribution is -2.42. The van der Waals surface area contributed by atoms with E-state index >= 15 is 0 Å². The minimum Gasteiger partial charge on any atom is -0.461 e. The number of esters is 1. The average molecular weight is 323 g/mol. The number of fused-ring (bicyclic) bond motifs is 2. The number of ether oxygens (including phenoxy) is 1. The Balaban J connectivity index is 1.95. The van der Waals surface area contributed by atoms with Gasteiger partial charge in [0.05, 0.1) is 10.2 Å². The normalized spacial score (nSPS) is 36.9. The minimum absolute atomic E-state index is 0.0462. The van der Waals surface area contributed by atoms with Crippen molar-refractivity contribution in [3.05, 3.63) is 35.9 Å². The van der Waals surface area contributed by atoms with Gasteiger partial charge in [-0.3, -0.25) is 9.59 Å². The molecule has 2 aliphatic rings. The molecule has 2 fully saturated rings. The van der Waals surface area contributed by atoms with Gasteiger partial charge in [0.25, 0.3) is 0 Å². The number of hydrogen-bond acceptors (Lipinski definition) is 3. The number of Topliss-reactive ketones (excluding diaryl/α,β-unsaturated/α-hetero) is 1. The van der Waals surface area contributed by atoms with Crippen molar-refractivity contribution in [2.45, 2.75) is 30.7 Å². The number of hydrogen-bond donors (Lipinski definition) is 0. The van der Waals surface area contributed by atoms with E-state index in [1.807, 2.05) is 25.1 Å². The van der Waals surface area contributed by atoms with Crippen molar-refractivity contribution in [3.63, 3.8) is 0 Å². The van der Waals surface area contributed by atoms with E-state index in [-0.39, 0.29) is 28.6 Å². The second-order valence-electron chi connectivity index (χ2n) is 5.60. The van der Waals surface area contributed by atoms with Crippen LogP contribution in [0.5, 0.6) is 0 Å². The maximum atomic E-state index is 12.7. The van der Waals surface area contributed by atoms with Gasteiger partial charge < -0.3 is 4.74 Å². The summed E-state index contributed by atoms with van der Waals surface area (Å²) in [6.45, 7) is 1.86. The van der Waals surface area contributed by atoms with Gasteiger partial charge in [-0.05, 0) is 13.3 Å². The molecule has 4 atom stereocenters. The molecule has 1 saturated heterocycles. The Morgan fingerprint density at radius 1 is 1.37 bits per heavy atom. The molecule has 1 aliphatic carbocycles. The second kappa shape index (κ2) is 4.44. The Morgan fingerprint density at radius 2 is 2.05 bits per heavy atom. The lowest BCUT2D eigenvalue weighted by atomic mass is 9.66. The topological polar surface area (TPSA) is 43.4 Å². The van der Waals surface area contributed by atoms with Crippen LogP contribution in [0.15, 0.2) is 30.3 Å². The van der Waals surface area contributed by atoms with Crippen LogP contribution in [0.25, 0.3) is 0 Å². The van der Waals surface area contributed by atoms with Gasteiger partial charge in [0, 0.05) is 17.9 Å². The third-order valence-electron chi connectivity index (χ3n) is 4.36. The number of benzene rings is 1. The number of rotatable bonds is 2. The Morgan fingerprint density at radius 3 is 2.74 bits per heavy atom. The van der Waals surface area contributed by atoms with Crippen LogP contribution in [-0.2, 0) is 9.53 Å². The van der Waals surface area contributed by atoms with E-state index in [1.54, 1.807) is 12.1 Å². The van der Waals surface area contributed by atoms with Crippen molar-refractivity contribution in [1.29, 1.82) is 0 Å². The van der Waals surface area contributed by atoms with Gasteiger partial charge in [-0.2, -0.15) is 0 Å². The van der Waals surface area contributed by atoms with Gasteiger partial charge >= 0.3 is 5.97 Å². The maximum Gasteiger partial charge on any atom is 0.312 e. The summed E-state index contributed by atoms with van der Waals surface area (Å²) in [4.78, 5) is 24.8. The Bertz CT molecular complexity index is 527. The van der Waals surface area contributed by atoms with Crippen LogP contribution in [0.3, 0.4) is 0 Å². The molecule has 0 radical (unpaired) electrons. The number of ketones is 1. The summed E-state index contributed by atoms with van der Waals surface area (Å²) < 4.78 is 5.38. The van der Waals surface area contributed by atoms with Crippen LogP contribution in [0.1, 0.15) is 30.1 Å². The first-order valence-corrected chi connectivity index (χ1v) is 7.38. The first kappa shape index (κ1) is 12.9. The Hall–Kier alpha value is -1.16. The van der Waals surface area contributed by atoms with E-state index in [0.717, 1.165) is 0 Å². The van der Waals surface area contributed by atoms with Crippen LogP contribution >= 0.6 is 15.9 Å². The molecule has 1 aromatic carbocycles. The lowest BCUT2D eigenvalue weighted by Gasteiger charge is -2.34. The summed E-state index contributed by atoms with van der Waals surface area (Å²) in [6.07, 6.45) is 1.20. The summed E-state index contributed by atoms with van der Waals surface area (Å²) in [7, 11) is 0. The molecule has 1 aromatic rings. The van der Waals surface area contributed by atoms with E-state index in [4.69, 9.17) is 4.74 Å². The minimum atomic E-state index is -0.665. The first-order chi connectivity index (χ1) is 9.02. The lowest BCUT2D eigenvalue weighted by molar-refractivity contribution is -0.148. The van der Waals surface area contributed by atoms with E-state index in [9.17, 15) is 9.59 Å². The van der Waals surface area contributed by atoms with Crippen LogP contribution in [-0.4, -0.2) is 22.7 Å². The molecule has 100 valence electrons. The van der Waals surface area contributed by atoms with Crippen molar-refractivity contribution in [2.75, 3.05) is 0 Å². The average Bonchev–Trinajstić information content (AvgIpc) is 2.68. The fourth-order valence-corrected chi connectivity index (χ4v) is 3.81. The van der Waals surface area contributed by atoms with Gasteiger partial charge in [0.2, 0.25) is 0 Å². The quantitative estimate of drug-likeness (QED) is 0.477. The SMILES string of the molecule is C[C@@]12C[C@@H](OC1=O)[C@H](Br)C[C@H]2C(=O)c1ccccc1. The zero-order chi connectivity index (χ0) is 13.6. The van der Waals surface area contributed by atoms with Crippen LogP contribution < -0.4 is 0 Å². The summed E-state index contributed by atoms with van der Waals surface area (Å²) in [5, 5.41) is 0. The van der Waals surface area contributed by atoms with Crippen LogP contribution in [0, 0.1) is 11.3 Å². The molecule has 2 bridgehead atoms. The predicted molar refractivity (Wildman–Crippen MR) is 74.2 cm³/mol. The standard InChI is InChI=1S/C15H15BrO3/c1-15-8-12(19-14(15)18)11(16)7-10(15)13(17)9-5-3-2-4-6-9/h2-6,10-12H,7-8H2,1H3/t10-,11+,12+,15-/m0/s1. The van der Waals surface area contributed by atoms with Crippen molar-refractivity contribution in [1.82, 2.24) is 0 Å². The monoisotopic (exact) mass is 322 g/mol. The van der Waals surface area contributed by atoms with Gasteiger partial charge in [-0.1, -0.05) is 46.3 Å². The summed E-state index contributed by atoms with van der Waals surface area (Å²) in [5.41, 5.74) is 0.00793. The molecule has 0 aromatic heterocycles. The first-order valence-electron chi connectivity index (χ1n) is 6.47. The highest BCUT2D eigenvalue weighted by atomic mass is 79.9. The van der Waals surface area contributed by atoms with Crippen molar-refractivity contribution in [3.8, 4) is 0 Å². The zero-order valence-electron chi connectivity index (χ0n) is 10.6.